The molecule has 0 fully saturated rings. The van der Waals surface area contributed by atoms with Gasteiger partial charge in [0.25, 0.3) is 0 Å². The van der Waals surface area contributed by atoms with Gasteiger partial charge in [-0.25, -0.2) is 8.78 Å². The molecule has 0 saturated heterocycles. The Labute approximate surface area is 115 Å². The van der Waals surface area contributed by atoms with Gasteiger partial charge in [-0.3, -0.25) is 11.3 Å². The molecular formula is C13H18F4N2O. The van der Waals surface area contributed by atoms with Crippen LogP contribution in [0.3, 0.4) is 0 Å². The minimum absolute atomic E-state index is 0.220. The molecule has 0 aliphatic rings. The average molecular weight is 294 g/mol. The van der Waals surface area contributed by atoms with Crippen molar-refractivity contribution in [3.05, 3.63) is 34.9 Å². The maximum Gasteiger partial charge on any atom is 0.330 e. The van der Waals surface area contributed by atoms with Crippen LogP contribution in [-0.4, -0.2) is 25.6 Å². The quantitative estimate of drug-likeness (QED) is 0.462. The molecule has 0 heterocycles. The van der Waals surface area contributed by atoms with E-state index in [1.165, 1.54) is 0 Å². The van der Waals surface area contributed by atoms with Crippen LogP contribution in [0.4, 0.5) is 17.6 Å². The summed E-state index contributed by atoms with van der Waals surface area (Å²) in [6.07, 6.45) is -3.74. The van der Waals surface area contributed by atoms with Gasteiger partial charge in [0, 0.05) is 0 Å². The van der Waals surface area contributed by atoms with Gasteiger partial charge in [-0.1, -0.05) is 23.8 Å². The molecule has 0 saturated carbocycles. The lowest BCUT2D eigenvalue weighted by Gasteiger charge is -2.21. The van der Waals surface area contributed by atoms with Crippen molar-refractivity contribution in [3.8, 4) is 0 Å². The first-order valence-corrected chi connectivity index (χ1v) is 6.05. The largest absolute Gasteiger partial charge is 0.373 e. The Balaban J connectivity index is 2.64. The van der Waals surface area contributed by atoms with Gasteiger partial charge in [-0.15, -0.1) is 0 Å². The van der Waals surface area contributed by atoms with Crippen LogP contribution >= 0.6 is 0 Å². The van der Waals surface area contributed by atoms with Crippen LogP contribution in [0.1, 0.15) is 22.7 Å². The topological polar surface area (TPSA) is 47.3 Å². The second-order valence-corrected chi connectivity index (χ2v) is 4.66. The Hall–Kier alpha value is -1.18. The van der Waals surface area contributed by atoms with Gasteiger partial charge < -0.3 is 4.74 Å². The number of nitrogens with two attached hydrogens (primary N) is 1. The molecule has 1 atom stereocenters. The molecule has 0 aliphatic carbocycles. The zero-order chi connectivity index (χ0) is 15.3. The van der Waals surface area contributed by atoms with Crippen LogP contribution in [0, 0.1) is 13.8 Å². The molecule has 0 aliphatic heterocycles. The standard InChI is InChI=1S/C13H18F4N2O/c1-8-3-4-10(9(2)5-8)11(19-18)6-20-7-13(16,17)12(14)15/h3-5,11-12,19H,6-7,18H2,1-2H3. The molecule has 3 N–H and O–H groups in total. The van der Waals surface area contributed by atoms with Crippen molar-refractivity contribution < 1.29 is 22.3 Å². The molecule has 114 valence electrons. The lowest BCUT2D eigenvalue weighted by molar-refractivity contribution is -0.167. The van der Waals surface area contributed by atoms with E-state index in [4.69, 9.17) is 5.84 Å². The van der Waals surface area contributed by atoms with E-state index in [0.717, 1.165) is 16.7 Å². The maximum absolute atomic E-state index is 12.7. The molecule has 1 unspecified atom stereocenters. The van der Waals surface area contributed by atoms with E-state index >= 15 is 0 Å². The predicted molar refractivity (Wildman–Crippen MR) is 67.8 cm³/mol. The van der Waals surface area contributed by atoms with Crippen molar-refractivity contribution in [2.45, 2.75) is 32.2 Å². The number of hydrogen-bond acceptors (Lipinski definition) is 3. The van der Waals surface area contributed by atoms with Crippen molar-refractivity contribution in [1.29, 1.82) is 0 Å². The summed E-state index contributed by atoms with van der Waals surface area (Å²) in [6.45, 7) is 2.21. The van der Waals surface area contributed by atoms with E-state index < -0.39 is 25.0 Å². The Kier molecular flexibility index (Phi) is 5.91. The van der Waals surface area contributed by atoms with Crippen molar-refractivity contribution in [3.63, 3.8) is 0 Å². The number of alkyl halides is 4. The fourth-order valence-electron chi connectivity index (χ4n) is 1.82. The van der Waals surface area contributed by atoms with Crippen molar-refractivity contribution in [1.82, 2.24) is 5.43 Å². The number of benzene rings is 1. The summed E-state index contributed by atoms with van der Waals surface area (Å²) in [5.74, 6) is 1.20. The molecule has 1 aromatic carbocycles. The average Bonchev–Trinajstić information content (AvgIpc) is 2.35. The van der Waals surface area contributed by atoms with Crippen LogP contribution < -0.4 is 11.3 Å². The van der Waals surface area contributed by atoms with E-state index in [1.54, 1.807) is 6.07 Å². The summed E-state index contributed by atoms with van der Waals surface area (Å²) >= 11 is 0. The van der Waals surface area contributed by atoms with Gasteiger partial charge in [0.15, 0.2) is 0 Å². The first kappa shape index (κ1) is 16.9. The molecule has 0 aromatic heterocycles. The summed E-state index contributed by atoms with van der Waals surface area (Å²) in [5.41, 5.74) is 5.18. The van der Waals surface area contributed by atoms with Gasteiger partial charge in [0.1, 0.15) is 6.61 Å². The Morgan fingerprint density at radius 1 is 1.30 bits per heavy atom. The number of halogens is 4. The first-order chi connectivity index (χ1) is 9.27. The zero-order valence-corrected chi connectivity index (χ0v) is 11.3. The summed E-state index contributed by atoms with van der Waals surface area (Å²) in [7, 11) is 0. The monoisotopic (exact) mass is 294 g/mol. The summed E-state index contributed by atoms with van der Waals surface area (Å²) in [6, 6.07) is 5.02. The molecule has 0 amide bonds. The smallest absolute Gasteiger partial charge is 0.330 e. The Morgan fingerprint density at radius 2 is 1.95 bits per heavy atom. The van der Waals surface area contributed by atoms with Crippen LogP contribution in [0.15, 0.2) is 18.2 Å². The summed E-state index contributed by atoms with van der Waals surface area (Å²) in [5, 5.41) is 0. The summed E-state index contributed by atoms with van der Waals surface area (Å²) < 4.78 is 54.1. The third kappa shape index (κ3) is 4.43. The summed E-state index contributed by atoms with van der Waals surface area (Å²) in [4.78, 5) is 0. The fourth-order valence-corrected chi connectivity index (χ4v) is 1.82. The number of nitrogens with one attached hydrogen (secondary N) is 1. The maximum atomic E-state index is 12.7. The second kappa shape index (κ2) is 7.01. The predicted octanol–water partition coefficient (Wildman–Crippen LogP) is 2.72. The van der Waals surface area contributed by atoms with Crippen LogP contribution in [0.5, 0.6) is 0 Å². The normalized spacial score (nSPS) is 13.8. The molecule has 1 rings (SSSR count). The van der Waals surface area contributed by atoms with Crippen LogP contribution in [-0.2, 0) is 4.74 Å². The minimum atomic E-state index is -4.15. The number of ether oxygens (including phenoxy) is 1. The van der Waals surface area contributed by atoms with E-state index in [0.29, 0.717) is 0 Å². The van der Waals surface area contributed by atoms with Gasteiger partial charge in [-0.05, 0) is 25.0 Å². The van der Waals surface area contributed by atoms with E-state index in [9.17, 15) is 17.6 Å². The van der Waals surface area contributed by atoms with Crippen molar-refractivity contribution >= 4 is 0 Å². The third-order valence-corrected chi connectivity index (χ3v) is 2.90. The molecule has 0 spiro atoms. The molecule has 7 heteroatoms. The number of hydrogen-bond donors (Lipinski definition) is 2. The fraction of sp³-hybridized carbons (Fsp3) is 0.538. The number of aryl methyl sites for hydroxylation is 2. The van der Waals surface area contributed by atoms with Crippen LogP contribution in [0.2, 0.25) is 0 Å². The molecule has 0 radical (unpaired) electrons. The first-order valence-electron chi connectivity index (χ1n) is 6.05. The lowest BCUT2D eigenvalue weighted by atomic mass is 10.00. The number of hydrazine groups is 1. The molecule has 3 nitrogen and oxygen atoms in total. The third-order valence-electron chi connectivity index (χ3n) is 2.90. The molecule has 0 bridgehead atoms. The van der Waals surface area contributed by atoms with Gasteiger partial charge >= 0.3 is 12.3 Å². The van der Waals surface area contributed by atoms with E-state index in [-0.39, 0.29) is 6.61 Å². The minimum Gasteiger partial charge on any atom is -0.373 e. The zero-order valence-electron chi connectivity index (χ0n) is 11.3. The highest BCUT2D eigenvalue weighted by molar-refractivity contribution is 5.32. The van der Waals surface area contributed by atoms with Gasteiger partial charge in [0.05, 0.1) is 12.6 Å². The molecule has 20 heavy (non-hydrogen) atoms. The lowest BCUT2D eigenvalue weighted by Crippen LogP contribution is -2.36. The van der Waals surface area contributed by atoms with Gasteiger partial charge in [0.2, 0.25) is 0 Å². The Bertz CT molecular complexity index is 440. The molecular weight excluding hydrogens is 276 g/mol. The van der Waals surface area contributed by atoms with Crippen molar-refractivity contribution in [2.24, 2.45) is 5.84 Å². The molecule has 1 aromatic rings. The van der Waals surface area contributed by atoms with E-state index in [1.807, 2.05) is 26.0 Å². The van der Waals surface area contributed by atoms with Crippen molar-refractivity contribution in [2.75, 3.05) is 13.2 Å². The van der Waals surface area contributed by atoms with E-state index in [2.05, 4.69) is 10.2 Å². The second-order valence-electron chi connectivity index (χ2n) is 4.66. The Morgan fingerprint density at radius 3 is 2.45 bits per heavy atom. The highest BCUT2D eigenvalue weighted by Gasteiger charge is 2.41. The number of rotatable bonds is 7. The SMILES string of the molecule is Cc1ccc(C(COCC(F)(F)C(F)F)NN)c(C)c1. The highest BCUT2D eigenvalue weighted by atomic mass is 19.3. The van der Waals surface area contributed by atoms with Gasteiger partial charge in [-0.2, -0.15) is 8.78 Å². The van der Waals surface area contributed by atoms with Crippen LogP contribution in [0.25, 0.3) is 0 Å². The highest BCUT2D eigenvalue weighted by Crippen LogP contribution is 2.24.